The number of amides is 1. The summed E-state index contributed by atoms with van der Waals surface area (Å²) in [6.07, 6.45) is 0. The van der Waals surface area contributed by atoms with Gasteiger partial charge in [-0.1, -0.05) is 18.2 Å². The predicted molar refractivity (Wildman–Crippen MR) is 78.8 cm³/mol. The van der Waals surface area contributed by atoms with E-state index in [0.717, 1.165) is 5.69 Å². The lowest BCUT2D eigenvalue weighted by Crippen LogP contribution is -2.49. The molecular formula is C15H22N2O3. The van der Waals surface area contributed by atoms with Gasteiger partial charge in [0, 0.05) is 18.8 Å². The van der Waals surface area contributed by atoms with Gasteiger partial charge in [-0.15, -0.1) is 0 Å². The minimum atomic E-state index is -0.951. The van der Waals surface area contributed by atoms with Crippen LogP contribution in [0.25, 0.3) is 0 Å². The molecule has 0 saturated carbocycles. The Morgan fingerprint density at radius 2 is 1.70 bits per heavy atom. The number of carboxylic acid groups (broad SMARTS) is 1. The van der Waals surface area contributed by atoms with Crippen molar-refractivity contribution in [2.75, 3.05) is 24.5 Å². The number of rotatable bonds is 7. The van der Waals surface area contributed by atoms with E-state index in [1.165, 1.54) is 0 Å². The van der Waals surface area contributed by atoms with Gasteiger partial charge in [0.05, 0.1) is 0 Å². The summed E-state index contributed by atoms with van der Waals surface area (Å²) in [7, 11) is 0. The first-order chi connectivity index (χ1) is 9.51. The second-order valence-electron chi connectivity index (χ2n) is 4.54. The molecule has 0 saturated heterocycles. The Kier molecular flexibility index (Phi) is 6.03. The van der Waals surface area contributed by atoms with Crippen LogP contribution in [0.4, 0.5) is 5.69 Å². The number of carbonyl (C=O) groups excluding carboxylic acids is 1. The highest BCUT2D eigenvalue weighted by Gasteiger charge is 2.26. The number of para-hydroxylation sites is 1. The summed E-state index contributed by atoms with van der Waals surface area (Å²) < 4.78 is 0. The largest absolute Gasteiger partial charge is 0.480 e. The van der Waals surface area contributed by atoms with Crippen LogP contribution in [0.2, 0.25) is 0 Å². The van der Waals surface area contributed by atoms with Crippen molar-refractivity contribution in [3.63, 3.8) is 0 Å². The number of anilines is 1. The van der Waals surface area contributed by atoms with Gasteiger partial charge in [0.25, 0.3) is 0 Å². The molecule has 0 fully saturated rings. The van der Waals surface area contributed by atoms with Gasteiger partial charge in [-0.25, -0.2) is 0 Å². The number of likely N-dealkylation sites (N-methyl/N-ethyl adjacent to an activating group) is 1. The van der Waals surface area contributed by atoms with Gasteiger partial charge in [-0.05, 0) is 32.9 Å². The molecule has 1 aromatic carbocycles. The van der Waals surface area contributed by atoms with E-state index in [2.05, 4.69) is 0 Å². The molecule has 20 heavy (non-hydrogen) atoms. The minimum absolute atomic E-state index is 0.0555. The molecular weight excluding hydrogens is 256 g/mol. The third kappa shape index (κ3) is 3.98. The number of carbonyl (C=O) groups is 2. The third-order valence-electron chi connectivity index (χ3n) is 3.29. The first-order valence-electron chi connectivity index (χ1n) is 6.83. The molecule has 1 unspecified atom stereocenters. The Bertz CT molecular complexity index is 444. The van der Waals surface area contributed by atoms with E-state index in [9.17, 15) is 9.59 Å². The number of aliphatic carboxylic acids is 1. The van der Waals surface area contributed by atoms with E-state index in [0.29, 0.717) is 13.1 Å². The van der Waals surface area contributed by atoms with Crippen molar-refractivity contribution < 1.29 is 14.7 Å². The van der Waals surface area contributed by atoms with Gasteiger partial charge < -0.3 is 14.9 Å². The molecule has 5 nitrogen and oxygen atoms in total. The van der Waals surface area contributed by atoms with Crippen LogP contribution in [0.1, 0.15) is 20.8 Å². The van der Waals surface area contributed by atoms with Crippen molar-refractivity contribution in [1.82, 2.24) is 4.90 Å². The maximum absolute atomic E-state index is 12.4. The molecule has 0 spiro atoms. The molecule has 1 amide bonds. The Labute approximate surface area is 119 Å². The summed E-state index contributed by atoms with van der Waals surface area (Å²) in [5.74, 6) is -1.01. The van der Waals surface area contributed by atoms with Gasteiger partial charge >= 0.3 is 5.97 Å². The van der Waals surface area contributed by atoms with Crippen molar-refractivity contribution in [1.29, 1.82) is 0 Å². The van der Waals surface area contributed by atoms with Crippen molar-refractivity contribution in [3.05, 3.63) is 30.3 Å². The topological polar surface area (TPSA) is 60.9 Å². The summed E-state index contributed by atoms with van der Waals surface area (Å²) in [5.41, 5.74) is 0.739. The number of hydrogen-bond donors (Lipinski definition) is 1. The molecule has 1 atom stereocenters. The summed E-state index contributed by atoms with van der Waals surface area (Å²) in [6.45, 7) is 6.62. The van der Waals surface area contributed by atoms with Crippen molar-refractivity contribution in [2.45, 2.75) is 26.8 Å². The SMILES string of the molecule is CCN(CC)C(=O)C(C)N(CC(=O)O)c1ccccc1. The van der Waals surface area contributed by atoms with E-state index in [-0.39, 0.29) is 12.5 Å². The second kappa shape index (κ2) is 7.53. The molecule has 5 heteroatoms. The normalized spacial score (nSPS) is 11.8. The van der Waals surface area contributed by atoms with E-state index in [4.69, 9.17) is 5.11 Å². The average Bonchev–Trinajstić information content (AvgIpc) is 2.46. The summed E-state index contributed by atoms with van der Waals surface area (Å²) in [6, 6.07) is 8.65. The molecule has 0 radical (unpaired) electrons. The maximum Gasteiger partial charge on any atom is 0.323 e. The molecule has 1 rings (SSSR count). The highest BCUT2D eigenvalue weighted by molar-refractivity contribution is 5.87. The number of benzene rings is 1. The maximum atomic E-state index is 12.4. The smallest absolute Gasteiger partial charge is 0.323 e. The highest BCUT2D eigenvalue weighted by Crippen LogP contribution is 2.17. The van der Waals surface area contributed by atoms with Crippen LogP contribution in [-0.4, -0.2) is 47.6 Å². The van der Waals surface area contributed by atoms with Gasteiger partial charge in [0.2, 0.25) is 5.91 Å². The minimum Gasteiger partial charge on any atom is -0.480 e. The molecule has 110 valence electrons. The van der Waals surface area contributed by atoms with E-state index < -0.39 is 12.0 Å². The lowest BCUT2D eigenvalue weighted by atomic mass is 10.2. The van der Waals surface area contributed by atoms with E-state index in [1.54, 1.807) is 16.7 Å². The van der Waals surface area contributed by atoms with Crippen LogP contribution in [0.5, 0.6) is 0 Å². The lowest BCUT2D eigenvalue weighted by Gasteiger charge is -2.32. The Hall–Kier alpha value is -2.04. The zero-order valence-electron chi connectivity index (χ0n) is 12.2. The molecule has 0 aliphatic carbocycles. The summed E-state index contributed by atoms with van der Waals surface area (Å²) in [5, 5.41) is 9.06. The molecule has 0 heterocycles. The van der Waals surface area contributed by atoms with Gasteiger partial charge in [0.1, 0.15) is 12.6 Å². The first kappa shape index (κ1) is 16.0. The van der Waals surface area contributed by atoms with Gasteiger partial charge in [-0.3, -0.25) is 9.59 Å². The molecule has 0 bridgehead atoms. The van der Waals surface area contributed by atoms with Crippen molar-refractivity contribution in [3.8, 4) is 0 Å². The number of hydrogen-bond acceptors (Lipinski definition) is 3. The van der Waals surface area contributed by atoms with Crippen molar-refractivity contribution in [2.24, 2.45) is 0 Å². The fourth-order valence-electron chi connectivity index (χ4n) is 2.15. The quantitative estimate of drug-likeness (QED) is 0.826. The zero-order valence-corrected chi connectivity index (χ0v) is 12.2. The van der Waals surface area contributed by atoms with Gasteiger partial charge in [0.15, 0.2) is 0 Å². The van der Waals surface area contributed by atoms with Crippen LogP contribution in [-0.2, 0) is 9.59 Å². The van der Waals surface area contributed by atoms with Crippen LogP contribution >= 0.6 is 0 Å². The van der Waals surface area contributed by atoms with Crippen LogP contribution in [0.15, 0.2) is 30.3 Å². The van der Waals surface area contributed by atoms with Crippen molar-refractivity contribution >= 4 is 17.6 Å². The zero-order chi connectivity index (χ0) is 15.1. The molecule has 0 aliphatic rings. The third-order valence-corrected chi connectivity index (χ3v) is 3.29. The highest BCUT2D eigenvalue weighted by atomic mass is 16.4. The molecule has 0 aromatic heterocycles. The first-order valence-corrected chi connectivity index (χ1v) is 6.83. The van der Waals surface area contributed by atoms with Crippen LogP contribution in [0, 0.1) is 0 Å². The predicted octanol–water partition coefficient (Wildman–Crippen LogP) is 1.83. The Balaban J connectivity index is 2.99. The average molecular weight is 278 g/mol. The molecule has 1 aromatic rings. The van der Waals surface area contributed by atoms with E-state index >= 15 is 0 Å². The molecule has 0 aliphatic heterocycles. The Morgan fingerprint density at radius 1 is 1.15 bits per heavy atom. The second-order valence-corrected chi connectivity index (χ2v) is 4.54. The standard InChI is InChI=1S/C15H22N2O3/c1-4-16(5-2)15(20)12(3)17(11-14(18)19)13-9-7-6-8-10-13/h6-10,12H,4-5,11H2,1-3H3,(H,18,19). The molecule has 1 N–H and O–H groups in total. The fraction of sp³-hybridized carbons (Fsp3) is 0.467. The van der Waals surface area contributed by atoms with E-state index in [1.807, 2.05) is 44.2 Å². The van der Waals surface area contributed by atoms with Crippen LogP contribution < -0.4 is 4.90 Å². The number of carboxylic acids is 1. The summed E-state index contributed by atoms with van der Waals surface area (Å²) in [4.78, 5) is 26.8. The lowest BCUT2D eigenvalue weighted by molar-refractivity contribution is -0.135. The fourth-order valence-corrected chi connectivity index (χ4v) is 2.15. The Morgan fingerprint density at radius 3 is 2.15 bits per heavy atom. The monoisotopic (exact) mass is 278 g/mol. The number of nitrogens with zero attached hydrogens (tertiary/aromatic N) is 2. The van der Waals surface area contributed by atoms with Gasteiger partial charge in [-0.2, -0.15) is 0 Å². The van der Waals surface area contributed by atoms with Crippen LogP contribution in [0.3, 0.4) is 0 Å². The summed E-state index contributed by atoms with van der Waals surface area (Å²) >= 11 is 0.